The van der Waals surface area contributed by atoms with Crippen LogP contribution in [0.2, 0.25) is 0 Å². The van der Waals surface area contributed by atoms with Gasteiger partial charge < -0.3 is 10.6 Å². The van der Waals surface area contributed by atoms with Crippen LogP contribution >= 0.6 is 0 Å². The monoisotopic (exact) mass is 288 g/mol. The molecule has 20 heavy (non-hydrogen) atoms. The number of nitrogens with one attached hydrogen (secondary N) is 2. The lowest BCUT2D eigenvalue weighted by Crippen LogP contribution is -2.35. The molecule has 112 valence electrons. The van der Waals surface area contributed by atoms with Crippen molar-refractivity contribution < 1.29 is 18.0 Å². The van der Waals surface area contributed by atoms with Crippen molar-refractivity contribution in [2.75, 3.05) is 13.1 Å². The smallest absolute Gasteiger partial charge is 0.355 e. The van der Waals surface area contributed by atoms with Gasteiger partial charge in [-0.15, -0.1) is 0 Å². The van der Waals surface area contributed by atoms with E-state index < -0.39 is 11.7 Å². The van der Waals surface area contributed by atoms with Gasteiger partial charge in [0.15, 0.2) is 0 Å². The standard InChI is InChI=1S/C14H19F3N2O/c1-10(2)7-19-13(20)9-18-8-11-4-3-5-12(6-11)14(15,16)17/h3-6,10,18H,7-9H2,1-2H3,(H,19,20). The minimum Gasteiger partial charge on any atom is -0.355 e. The third kappa shape index (κ3) is 6.06. The summed E-state index contributed by atoms with van der Waals surface area (Å²) in [7, 11) is 0. The summed E-state index contributed by atoms with van der Waals surface area (Å²) in [4.78, 5) is 11.4. The quantitative estimate of drug-likeness (QED) is 0.844. The average molecular weight is 288 g/mol. The summed E-state index contributed by atoms with van der Waals surface area (Å²) in [6.07, 6.45) is -4.34. The second-order valence-electron chi connectivity index (χ2n) is 5.00. The van der Waals surface area contributed by atoms with Crippen molar-refractivity contribution in [1.29, 1.82) is 0 Å². The van der Waals surface area contributed by atoms with Gasteiger partial charge in [-0.05, 0) is 17.5 Å². The summed E-state index contributed by atoms with van der Waals surface area (Å²) < 4.78 is 37.5. The van der Waals surface area contributed by atoms with Crippen LogP contribution in [0.3, 0.4) is 0 Å². The Bertz CT molecular complexity index is 444. The molecule has 0 fully saturated rings. The lowest BCUT2D eigenvalue weighted by molar-refractivity contribution is -0.137. The molecular weight excluding hydrogens is 269 g/mol. The van der Waals surface area contributed by atoms with Gasteiger partial charge in [-0.2, -0.15) is 13.2 Å². The molecule has 0 atom stereocenters. The third-order valence-electron chi connectivity index (χ3n) is 2.58. The highest BCUT2D eigenvalue weighted by Gasteiger charge is 2.30. The van der Waals surface area contributed by atoms with E-state index in [1.807, 2.05) is 13.8 Å². The summed E-state index contributed by atoms with van der Waals surface area (Å²) in [5, 5.41) is 5.55. The number of alkyl halides is 3. The van der Waals surface area contributed by atoms with Crippen LogP contribution in [-0.4, -0.2) is 19.0 Å². The molecule has 0 aliphatic heterocycles. The van der Waals surface area contributed by atoms with Gasteiger partial charge in [-0.1, -0.05) is 32.0 Å². The van der Waals surface area contributed by atoms with E-state index >= 15 is 0 Å². The van der Waals surface area contributed by atoms with Crippen molar-refractivity contribution in [3.8, 4) is 0 Å². The first-order valence-corrected chi connectivity index (χ1v) is 6.42. The molecule has 0 saturated carbocycles. The van der Waals surface area contributed by atoms with E-state index in [1.165, 1.54) is 6.07 Å². The van der Waals surface area contributed by atoms with Crippen LogP contribution in [0.1, 0.15) is 25.0 Å². The van der Waals surface area contributed by atoms with Crippen molar-refractivity contribution in [2.24, 2.45) is 5.92 Å². The molecule has 0 saturated heterocycles. The topological polar surface area (TPSA) is 41.1 Å². The summed E-state index contributed by atoms with van der Waals surface area (Å²) in [5.74, 6) is 0.202. The van der Waals surface area contributed by atoms with E-state index in [9.17, 15) is 18.0 Å². The minimum absolute atomic E-state index is 0.0863. The summed E-state index contributed by atoms with van der Waals surface area (Å²) in [5.41, 5.74) is -0.183. The zero-order chi connectivity index (χ0) is 15.2. The Morgan fingerprint density at radius 2 is 2.00 bits per heavy atom. The Kier molecular flexibility index (Phi) is 6.01. The maximum absolute atomic E-state index is 12.5. The molecule has 2 N–H and O–H groups in total. The minimum atomic E-state index is -4.34. The van der Waals surface area contributed by atoms with Crippen LogP contribution in [0.15, 0.2) is 24.3 Å². The fourth-order valence-corrected chi connectivity index (χ4v) is 1.56. The maximum Gasteiger partial charge on any atom is 0.416 e. The largest absolute Gasteiger partial charge is 0.416 e. The predicted octanol–water partition coefficient (Wildman–Crippen LogP) is 2.57. The van der Waals surface area contributed by atoms with Crippen molar-refractivity contribution >= 4 is 5.91 Å². The highest BCUT2D eigenvalue weighted by molar-refractivity contribution is 5.77. The number of carbonyl (C=O) groups excluding carboxylic acids is 1. The molecule has 0 bridgehead atoms. The lowest BCUT2D eigenvalue weighted by atomic mass is 10.1. The number of hydrogen-bond donors (Lipinski definition) is 2. The van der Waals surface area contributed by atoms with E-state index in [0.717, 1.165) is 12.1 Å². The maximum atomic E-state index is 12.5. The Hall–Kier alpha value is -1.56. The molecule has 0 radical (unpaired) electrons. The first kappa shape index (κ1) is 16.5. The normalized spacial score (nSPS) is 11.7. The fourth-order valence-electron chi connectivity index (χ4n) is 1.56. The fraction of sp³-hybridized carbons (Fsp3) is 0.500. The molecule has 0 aliphatic carbocycles. The van der Waals surface area contributed by atoms with E-state index in [4.69, 9.17) is 0 Å². The van der Waals surface area contributed by atoms with Crippen LogP contribution < -0.4 is 10.6 Å². The average Bonchev–Trinajstić information content (AvgIpc) is 2.36. The summed E-state index contributed by atoms with van der Waals surface area (Å²) in [6, 6.07) is 5.06. The molecule has 1 aromatic carbocycles. The van der Waals surface area contributed by atoms with Gasteiger partial charge in [0.25, 0.3) is 0 Å². The molecule has 0 unspecified atom stereocenters. The number of hydrogen-bond acceptors (Lipinski definition) is 2. The van der Waals surface area contributed by atoms with Crippen LogP contribution in [0, 0.1) is 5.92 Å². The number of benzene rings is 1. The predicted molar refractivity (Wildman–Crippen MR) is 71.0 cm³/mol. The molecule has 0 aromatic heterocycles. The van der Waals surface area contributed by atoms with Crippen molar-refractivity contribution in [3.63, 3.8) is 0 Å². The molecule has 0 spiro atoms. The summed E-state index contributed by atoms with van der Waals surface area (Å²) in [6.45, 7) is 4.86. The highest BCUT2D eigenvalue weighted by Crippen LogP contribution is 2.29. The van der Waals surface area contributed by atoms with E-state index in [-0.39, 0.29) is 19.0 Å². The molecule has 1 amide bonds. The van der Waals surface area contributed by atoms with E-state index in [1.54, 1.807) is 6.07 Å². The van der Waals surface area contributed by atoms with Crippen molar-refractivity contribution in [3.05, 3.63) is 35.4 Å². The lowest BCUT2D eigenvalue weighted by Gasteiger charge is -2.10. The van der Waals surface area contributed by atoms with E-state index in [2.05, 4.69) is 10.6 Å². The number of amides is 1. The van der Waals surface area contributed by atoms with Gasteiger partial charge in [0, 0.05) is 13.1 Å². The van der Waals surface area contributed by atoms with Gasteiger partial charge in [0.2, 0.25) is 5.91 Å². The summed E-state index contributed by atoms with van der Waals surface area (Å²) >= 11 is 0. The molecule has 3 nitrogen and oxygen atoms in total. The molecular formula is C14H19F3N2O. The Balaban J connectivity index is 2.41. The highest BCUT2D eigenvalue weighted by atomic mass is 19.4. The molecule has 6 heteroatoms. The van der Waals surface area contributed by atoms with E-state index in [0.29, 0.717) is 18.0 Å². The van der Waals surface area contributed by atoms with Gasteiger partial charge in [0.1, 0.15) is 0 Å². The SMILES string of the molecule is CC(C)CNC(=O)CNCc1cccc(C(F)(F)F)c1. The zero-order valence-corrected chi connectivity index (χ0v) is 11.6. The zero-order valence-electron chi connectivity index (χ0n) is 11.6. The molecule has 1 aromatic rings. The van der Waals surface area contributed by atoms with Gasteiger partial charge in [-0.25, -0.2) is 0 Å². The first-order valence-electron chi connectivity index (χ1n) is 6.42. The number of rotatable bonds is 6. The first-order chi connectivity index (χ1) is 9.29. The Morgan fingerprint density at radius 3 is 2.60 bits per heavy atom. The van der Waals surface area contributed by atoms with Gasteiger partial charge in [-0.3, -0.25) is 4.79 Å². The van der Waals surface area contributed by atoms with Crippen molar-refractivity contribution in [1.82, 2.24) is 10.6 Å². The van der Waals surface area contributed by atoms with Crippen LogP contribution in [0.5, 0.6) is 0 Å². The molecule has 1 rings (SSSR count). The second-order valence-corrected chi connectivity index (χ2v) is 5.00. The Labute approximate surface area is 116 Å². The second kappa shape index (κ2) is 7.28. The molecule has 0 heterocycles. The van der Waals surface area contributed by atoms with Crippen LogP contribution in [-0.2, 0) is 17.5 Å². The Morgan fingerprint density at radius 1 is 1.30 bits per heavy atom. The van der Waals surface area contributed by atoms with Gasteiger partial charge in [0.05, 0.1) is 12.1 Å². The van der Waals surface area contributed by atoms with Crippen LogP contribution in [0.25, 0.3) is 0 Å². The molecule has 0 aliphatic rings. The van der Waals surface area contributed by atoms with Crippen LogP contribution in [0.4, 0.5) is 13.2 Å². The number of carbonyl (C=O) groups is 1. The third-order valence-corrected chi connectivity index (χ3v) is 2.58. The number of halogens is 3. The van der Waals surface area contributed by atoms with Gasteiger partial charge >= 0.3 is 6.18 Å². The van der Waals surface area contributed by atoms with Crippen molar-refractivity contribution in [2.45, 2.75) is 26.6 Å².